The maximum absolute atomic E-state index is 9.02. The van der Waals surface area contributed by atoms with Crippen LogP contribution in [0.25, 0.3) is 0 Å². The molecule has 56 valence electrons. The van der Waals surface area contributed by atoms with Gasteiger partial charge >= 0.3 is 0 Å². The molecule has 0 aromatic carbocycles. The van der Waals surface area contributed by atoms with Gasteiger partial charge in [0.25, 0.3) is 0 Å². The Morgan fingerprint density at radius 1 is 1.30 bits per heavy atom. The van der Waals surface area contributed by atoms with Gasteiger partial charge in [0.2, 0.25) is 0 Å². The first-order valence-corrected chi connectivity index (χ1v) is 2.82. The van der Waals surface area contributed by atoms with E-state index in [0.717, 1.165) is 12.2 Å². The average molecular weight is 143 g/mol. The quantitative estimate of drug-likeness (QED) is 0.357. The standard InChI is InChI=1S/C6H9NO3/c7-6(10)2-4(8)1-5(9)3-6/h2-3,8-10H,1,7H2. The SMILES string of the molecule is NC1(O)C=C(O)CC(O)=C1. The van der Waals surface area contributed by atoms with E-state index in [0.29, 0.717) is 0 Å². The summed E-state index contributed by atoms with van der Waals surface area (Å²) in [5.74, 6) is -0.241. The molecule has 0 aliphatic heterocycles. The van der Waals surface area contributed by atoms with Crippen molar-refractivity contribution in [3.05, 3.63) is 23.7 Å². The lowest BCUT2D eigenvalue weighted by molar-refractivity contribution is 0.133. The minimum atomic E-state index is -1.70. The molecule has 0 aromatic heterocycles. The summed E-state index contributed by atoms with van der Waals surface area (Å²) in [4.78, 5) is 0. The molecule has 0 unspecified atom stereocenters. The van der Waals surface area contributed by atoms with E-state index >= 15 is 0 Å². The van der Waals surface area contributed by atoms with Crippen molar-refractivity contribution in [3.63, 3.8) is 0 Å². The Bertz CT molecular complexity index is 185. The molecule has 5 N–H and O–H groups in total. The van der Waals surface area contributed by atoms with Crippen molar-refractivity contribution in [2.45, 2.75) is 12.1 Å². The number of aliphatic hydroxyl groups excluding tert-OH is 2. The first-order chi connectivity index (χ1) is 4.49. The van der Waals surface area contributed by atoms with Gasteiger partial charge < -0.3 is 15.3 Å². The first-order valence-electron chi connectivity index (χ1n) is 2.82. The third-order valence-electron chi connectivity index (χ3n) is 1.16. The van der Waals surface area contributed by atoms with E-state index in [9.17, 15) is 0 Å². The van der Waals surface area contributed by atoms with Crippen LogP contribution in [0.3, 0.4) is 0 Å². The Balaban J connectivity index is 2.88. The lowest BCUT2D eigenvalue weighted by Crippen LogP contribution is -2.37. The van der Waals surface area contributed by atoms with Gasteiger partial charge in [-0.3, -0.25) is 5.73 Å². The summed E-state index contributed by atoms with van der Waals surface area (Å²) in [6, 6.07) is 0. The lowest BCUT2D eigenvalue weighted by atomic mass is 10.1. The molecule has 0 aromatic rings. The highest BCUT2D eigenvalue weighted by molar-refractivity contribution is 5.23. The van der Waals surface area contributed by atoms with Crippen LogP contribution in [0.2, 0.25) is 0 Å². The van der Waals surface area contributed by atoms with Gasteiger partial charge in [0.05, 0.1) is 6.42 Å². The van der Waals surface area contributed by atoms with Crippen LogP contribution in [0.1, 0.15) is 6.42 Å². The smallest absolute Gasteiger partial charge is 0.159 e. The van der Waals surface area contributed by atoms with E-state index in [1.165, 1.54) is 0 Å². The van der Waals surface area contributed by atoms with E-state index in [2.05, 4.69) is 0 Å². The van der Waals surface area contributed by atoms with Crippen molar-refractivity contribution < 1.29 is 15.3 Å². The molecule has 0 heterocycles. The molecule has 0 fully saturated rings. The van der Waals surface area contributed by atoms with Crippen LogP contribution in [0.5, 0.6) is 0 Å². The average Bonchev–Trinajstić information content (AvgIpc) is 1.54. The largest absolute Gasteiger partial charge is 0.512 e. The summed E-state index contributed by atoms with van der Waals surface area (Å²) in [6.45, 7) is 0. The number of rotatable bonds is 0. The van der Waals surface area contributed by atoms with Gasteiger partial charge in [0.15, 0.2) is 5.72 Å². The molecule has 1 rings (SSSR count). The van der Waals surface area contributed by atoms with Crippen molar-refractivity contribution in [1.82, 2.24) is 0 Å². The second-order valence-electron chi connectivity index (χ2n) is 2.34. The zero-order valence-electron chi connectivity index (χ0n) is 5.28. The maximum atomic E-state index is 9.02. The van der Waals surface area contributed by atoms with Crippen molar-refractivity contribution in [1.29, 1.82) is 0 Å². The molecule has 0 atom stereocenters. The van der Waals surface area contributed by atoms with Crippen molar-refractivity contribution in [2.75, 3.05) is 0 Å². The van der Waals surface area contributed by atoms with Crippen LogP contribution < -0.4 is 5.73 Å². The summed E-state index contributed by atoms with van der Waals surface area (Å²) in [5.41, 5.74) is 3.44. The highest BCUT2D eigenvalue weighted by atomic mass is 16.3. The number of hydrogen-bond acceptors (Lipinski definition) is 4. The maximum Gasteiger partial charge on any atom is 0.159 e. The molecule has 0 radical (unpaired) electrons. The van der Waals surface area contributed by atoms with Crippen LogP contribution in [-0.4, -0.2) is 21.0 Å². The van der Waals surface area contributed by atoms with E-state index in [4.69, 9.17) is 21.1 Å². The van der Waals surface area contributed by atoms with Gasteiger partial charge in [-0.25, -0.2) is 0 Å². The van der Waals surface area contributed by atoms with Gasteiger partial charge in [-0.05, 0) is 0 Å². The number of aliphatic hydroxyl groups is 3. The van der Waals surface area contributed by atoms with Crippen molar-refractivity contribution in [3.8, 4) is 0 Å². The van der Waals surface area contributed by atoms with Gasteiger partial charge in [0, 0.05) is 12.2 Å². The van der Waals surface area contributed by atoms with Crippen LogP contribution in [0.4, 0.5) is 0 Å². The normalized spacial score (nSPS) is 23.4. The minimum Gasteiger partial charge on any atom is -0.512 e. The molecule has 0 amide bonds. The van der Waals surface area contributed by atoms with Gasteiger partial charge in [-0.2, -0.15) is 0 Å². The zero-order valence-corrected chi connectivity index (χ0v) is 5.28. The van der Waals surface area contributed by atoms with Gasteiger partial charge in [0.1, 0.15) is 11.5 Å². The number of nitrogens with two attached hydrogens (primary N) is 1. The number of hydrogen-bond donors (Lipinski definition) is 4. The highest BCUT2D eigenvalue weighted by Gasteiger charge is 2.21. The van der Waals surface area contributed by atoms with Crippen LogP contribution in [-0.2, 0) is 0 Å². The Hall–Kier alpha value is -1.00. The third kappa shape index (κ3) is 1.49. The lowest BCUT2D eigenvalue weighted by Gasteiger charge is -2.19. The zero-order chi connectivity index (χ0) is 7.78. The van der Waals surface area contributed by atoms with Crippen LogP contribution in [0, 0.1) is 0 Å². The molecule has 4 nitrogen and oxygen atoms in total. The fourth-order valence-corrected chi connectivity index (χ4v) is 0.863. The fourth-order valence-electron chi connectivity index (χ4n) is 0.863. The van der Waals surface area contributed by atoms with E-state index in [1.54, 1.807) is 0 Å². The second kappa shape index (κ2) is 2.00. The molecule has 1 aliphatic rings. The highest BCUT2D eigenvalue weighted by Crippen LogP contribution is 2.18. The summed E-state index contributed by atoms with van der Waals surface area (Å²) in [7, 11) is 0. The molecule has 1 aliphatic carbocycles. The summed E-state index contributed by atoms with van der Waals surface area (Å²) in [6.07, 6.45) is 2.19. The minimum absolute atomic E-state index is 0.0412. The van der Waals surface area contributed by atoms with E-state index in [-0.39, 0.29) is 17.9 Å². The monoisotopic (exact) mass is 143 g/mol. The molecule has 0 bridgehead atoms. The van der Waals surface area contributed by atoms with E-state index in [1.807, 2.05) is 0 Å². The summed E-state index contributed by atoms with van der Waals surface area (Å²) < 4.78 is 0. The third-order valence-corrected chi connectivity index (χ3v) is 1.16. The summed E-state index contributed by atoms with van der Waals surface area (Å²) >= 11 is 0. The second-order valence-corrected chi connectivity index (χ2v) is 2.34. The van der Waals surface area contributed by atoms with Crippen LogP contribution in [0.15, 0.2) is 23.7 Å². The van der Waals surface area contributed by atoms with E-state index < -0.39 is 5.72 Å². The molecule has 0 saturated heterocycles. The van der Waals surface area contributed by atoms with Crippen LogP contribution >= 0.6 is 0 Å². The Morgan fingerprint density at radius 3 is 2.00 bits per heavy atom. The molecular formula is C6H9NO3. The Labute approximate surface area is 57.9 Å². The predicted molar refractivity (Wildman–Crippen MR) is 35.2 cm³/mol. The van der Waals surface area contributed by atoms with Crippen molar-refractivity contribution >= 4 is 0 Å². The predicted octanol–water partition coefficient (Wildman–Crippen LogP) is -0.0788. The van der Waals surface area contributed by atoms with Gasteiger partial charge in [-0.1, -0.05) is 0 Å². The molecule has 4 heteroatoms. The molecule has 10 heavy (non-hydrogen) atoms. The Kier molecular flexibility index (Phi) is 1.42. The first kappa shape index (κ1) is 7.11. The molecular weight excluding hydrogens is 134 g/mol. The molecule has 0 spiro atoms. The fraction of sp³-hybridized carbons (Fsp3) is 0.333. The summed E-state index contributed by atoms with van der Waals surface area (Å²) in [5, 5.41) is 26.7. The molecule has 0 saturated carbocycles. The Morgan fingerprint density at radius 2 is 1.70 bits per heavy atom. The van der Waals surface area contributed by atoms with Gasteiger partial charge in [-0.15, -0.1) is 0 Å². The topological polar surface area (TPSA) is 86.7 Å². The van der Waals surface area contributed by atoms with Crippen molar-refractivity contribution in [2.24, 2.45) is 5.73 Å².